The molecule has 1 heterocycles. The number of H-pyrrole nitrogens is 1. The minimum absolute atomic E-state index is 0.0751. The second-order valence-electron chi connectivity index (χ2n) is 3.78. The Balaban J connectivity index is 2.96. The van der Waals surface area contributed by atoms with E-state index in [4.69, 9.17) is 10.9 Å². The van der Waals surface area contributed by atoms with Crippen LogP contribution in [0.1, 0.15) is 13.8 Å². The molecule has 0 aliphatic rings. The van der Waals surface area contributed by atoms with Crippen LogP contribution in [0, 0.1) is 5.92 Å². The minimum atomic E-state index is -3.76. The Morgan fingerprint density at radius 1 is 1.65 bits per heavy atom. The van der Waals surface area contributed by atoms with Crippen LogP contribution in [0.2, 0.25) is 0 Å². The summed E-state index contributed by atoms with van der Waals surface area (Å²) in [6.07, 6.45) is 2.43. The molecule has 17 heavy (non-hydrogen) atoms. The second kappa shape index (κ2) is 5.15. The number of hydrogen-bond donors (Lipinski definition) is 4. The third kappa shape index (κ3) is 3.17. The van der Waals surface area contributed by atoms with Crippen LogP contribution in [0.3, 0.4) is 0 Å². The smallest absolute Gasteiger partial charge is 0.258 e. The number of rotatable bonds is 5. The fraction of sp³-hybridized carbons (Fsp3) is 0.500. The SMILES string of the molecule is CC(C)C(NS(=O)(=O)c1cnc[nH]1)C(N)=NO. The van der Waals surface area contributed by atoms with Crippen molar-refractivity contribution in [2.24, 2.45) is 16.8 Å². The van der Waals surface area contributed by atoms with Gasteiger partial charge in [0.05, 0.1) is 18.6 Å². The molecule has 0 bridgehead atoms. The lowest BCUT2D eigenvalue weighted by atomic mass is 10.1. The summed E-state index contributed by atoms with van der Waals surface area (Å²) in [6, 6.07) is -0.784. The summed E-state index contributed by atoms with van der Waals surface area (Å²) >= 11 is 0. The van der Waals surface area contributed by atoms with Crippen LogP contribution < -0.4 is 10.5 Å². The third-order valence-corrected chi connectivity index (χ3v) is 3.51. The van der Waals surface area contributed by atoms with E-state index in [-0.39, 0.29) is 16.8 Å². The normalized spacial score (nSPS) is 15.1. The zero-order chi connectivity index (χ0) is 13.1. The van der Waals surface area contributed by atoms with Crippen molar-refractivity contribution >= 4 is 15.9 Å². The second-order valence-corrected chi connectivity index (χ2v) is 5.47. The molecule has 1 aromatic heterocycles. The van der Waals surface area contributed by atoms with Gasteiger partial charge in [-0.05, 0) is 5.92 Å². The molecule has 9 heteroatoms. The van der Waals surface area contributed by atoms with Crippen molar-refractivity contribution in [2.45, 2.75) is 24.9 Å². The van der Waals surface area contributed by atoms with Crippen LogP contribution in [0.5, 0.6) is 0 Å². The zero-order valence-corrected chi connectivity index (χ0v) is 10.3. The highest BCUT2D eigenvalue weighted by Gasteiger charge is 2.26. The highest BCUT2D eigenvalue weighted by Crippen LogP contribution is 2.08. The monoisotopic (exact) mass is 261 g/mol. The molecule has 0 saturated heterocycles. The van der Waals surface area contributed by atoms with Crippen molar-refractivity contribution in [1.82, 2.24) is 14.7 Å². The first-order valence-corrected chi connectivity index (χ1v) is 6.35. The lowest BCUT2D eigenvalue weighted by Crippen LogP contribution is -2.47. The Bertz CT molecular complexity index is 479. The fourth-order valence-corrected chi connectivity index (χ4v) is 2.48. The first-order chi connectivity index (χ1) is 7.88. The van der Waals surface area contributed by atoms with Gasteiger partial charge in [0, 0.05) is 0 Å². The molecule has 5 N–H and O–H groups in total. The van der Waals surface area contributed by atoms with Crippen molar-refractivity contribution in [2.75, 3.05) is 0 Å². The van der Waals surface area contributed by atoms with Crippen molar-refractivity contribution in [3.05, 3.63) is 12.5 Å². The molecule has 0 spiro atoms. The van der Waals surface area contributed by atoms with Crippen LogP contribution in [0.25, 0.3) is 0 Å². The van der Waals surface area contributed by atoms with Crippen LogP contribution in [-0.2, 0) is 10.0 Å². The van der Waals surface area contributed by atoms with Gasteiger partial charge in [0.25, 0.3) is 10.0 Å². The quantitative estimate of drug-likeness (QED) is 0.244. The first-order valence-electron chi connectivity index (χ1n) is 4.86. The van der Waals surface area contributed by atoms with Crippen molar-refractivity contribution in [3.8, 4) is 0 Å². The van der Waals surface area contributed by atoms with E-state index in [1.165, 1.54) is 12.5 Å². The van der Waals surface area contributed by atoms with E-state index in [2.05, 4.69) is 19.8 Å². The van der Waals surface area contributed by atoms with E-state index >= 15 is 0 Å². The molecule has 1 unspecified atom stereocenters. The largest absolute Gasteiger partial charge is 0.409 e. The Morgan fingerprint density at radius 3 is 2.71 bits per heavy atom. The van der Waals surface area contributed by atoms with Crippen molar-refractivity contribution in [3.63, 3.8) is 0 Å². The van der Waals surface area contributed by atoms with Gasteiger partial charge in [-0.2, -0.15) is 4.72 Å². The van der Waals surface area contributed by atoms with Gasteiger partial charge in [0.2, 0.25) is 0 Å². The van der Waals surface area contributed by atoms with Crippen LogP contribution >= 0.6 is 0 Å². The summed E-state index contributed by atoms with van der Waals surface area (Å²) in [7, 11) is -3.76. The molecule has 0 radical (unpaired) electrons. The van der Waals surface area contributed by atoms with E-state index in [1.807, 2.05) is 0 Å². The molecule has 0 aliphatic carbocycles. The average Bonchev–Trinajstić information content (AvgIpc) is 2.78. The van der Waals surface area contributed by atoms with E-state index < -0.39 is 16.1 Å². The molecule has 1 aromatic rings. The molecule has 0 fully saturated rings. The zero-order valence-electron chi connectivity index (χ0n) is 9.45. The summed E-state index contributed by atoms with van der Waals surface area (Å²) in [5.74, 6) is -0.355. The number of nitrogens with two attached hydrogens (primary N) is 1. The van der Waals surface area contributed by atoms with Gasteiger partial charge in [-0.25, -0.2) is 13.4 Å². The Kier molecular flexibility index (Phi) is 4.07. The number of sulfonamides is 1. The van der Waals surface area contributed by atoms with Crippen LogP contribution in [-0.4, -0.2) is 35.5 Å². The maximum Gasteiger partial charge on any atom is 0.258 e. The first kappa shape index (κ1) is 13.5. The number of imidazole rings is 1. The van der Waals surface area contributed by atoms with Gasteiger partial charge < -0.3 is 15.9 Å². The number of hydrogen-bond acceptors (Lipinski definition) is 5. The van der Waals surface area contributed by atoms with E-state index in [9.17, 15) is 8.42 Å². The Morgan fingerprint density at radius 2 is 2.29 bits per heavy atom. The average molecular weight is 261 g/mol. The summed E-state index contributed by atoms with van der Waals surface area (Å²) in [6.45, 7) is 3.50. The summed E-state index contributed by atoms with van der Waals surface area (Å²) < 4.78 is 26.0. The van der Waals surface area contributed by atoms with Gasteiger partial charge in [0.15, 0.2) is 10.9 Å². The lowest BCUT2D eigenvalue weighted by molar-refractivity contribution is 0.313. The lowest BCUT2D eigenvalue weighted by Gasteiger charge is -2.20. The number of oxime groups is 1. The van der Waals surface area contributed by atoms with Crippen molar-refractivity contribution < 1.29 is 13.6 Å². The Labute approximate surface area is 99.0 Å². The Hall–Kier alpha value is -1.61. The molecular formula is C8H15N5O3S. The van der Waals surface area contributed by atoms with E-state index in [0.717, 1.165) is 0 Å². The maximum absolute atomic E-state index is 11.9. The highest BCUT2D eigenvalue weighted by atomic mass is 32.2. The number of nitrogens with one attached hydrogen (secondary N) is 2. The molecule has 0 aromatic carbocycles. The molecule has 1 rings (SSSR count). The van der Waals surface area contributed by atoms with E-state index in [1.54, 1.807) is 13.8 Å². The molecule has 0 amide bonds. The predicted octanol–water partition coefficient (Wildman–Crippen LogP) is -0.541. The van der Waals surface area contributed by atoms with Gasteiger partial charge in [-0.1, -0.05) is 19.0 Å². The summed E-state index contributed by atoms with van der Waals surface area (Å²) in [4.78, 5) is 6.09. The molecular weight excluding hydrogens is 246 g/mol. The van der Waals surface area contributed by atoms with E-state index in [0.29, 0.717) is 0 Å². The van der Waals surface area contributed by atoms with Gasteiger partial charge in [-0.3, -0.25) is 0 Å². The molecule has 96 valence electrons. The van der Waals surface area contributed by atoms with Gasteiger partial charge in [0.1, 0.15) is 0 Å². The number of nitrogens with zero attached hydrogens (tertiary/aromatic N) is 2. The number of aromatic amines is 1. The molecule has 8 nitrogen and oxygen atoms in total. The minimum Gasteiger partial charge on any atom is -0.409 e. The summed E-state index contributed by atoms with van der Waals surface area (Å²) in [5.41, 5.74) is 5.43. The van der Waals surface area contributed by atoms with Gasteiger partial charge >= 0.3 is 0 Å². The van der Waals surface area contributed by atoms with Crippen molar-refractivity contribution in [1.29, 1.82) is 0 Å². The molecule has 0 aliphatic heterocycles. The predicted molar refractivity (Wildman–Crippen MR) is 60.9 cm³/mol. The number of aromatic nitrogens is 2. The maximum atomic E-state index is 11.9. The third-order valence-electron chi connectivity index (χ3n) is 2.15. The number of amidine groups is 1. The molecule has 0 saturated carbocycles. The summed E-state index contributed by atoms with van der Waals surface area (Å²) in [5, 5.41) is 11.3. The van der Waals surface area contributed by atoms with Crippen LogP contribution in [0.15, 0.2) is 22.7 Å². The fourth-order valence-electron chi connectivity index (χ4n) is 1.22. The molecule has 1 atom stereocenters. The standard InChI is InChI=1S/C8H15N5O3S/c1-5(2)7(8(9)12-14)13-17(15,16)6-3-10-4-11-6/h3-5,7,13-14H,1-2H3,(H2,9,12)(H,10,11). The topological polar surface area (TPSA) is 133 Å². The van der Waals surface area contributed by atoms with Gasteiger partial charge in [-0.15, -0.1) is 0 Å². The highest BCUT2D eigenvalue weighted by molar-refractivity contribution is 7.89. The van der Waals surface area contributed by atoms with Crippen LogP contribution in [0.4, 0.5) is 0 Å².